The van der Waals surface area contributed by atoms with Gasteiger partial charge in [-0.2, -0.15) is 13.5 Å². The first-order valence-corrected chi connectivity index (χ1v) is 17.9. The summed E-state index contributed by atoms with van der Waals surface area (Å²) in [6.45, 7) is 1.47. The first-order chi connectivity index (χ1) is 22.6. The molecule has 0 bridgehead atoms. The van der Waals surface area contributed by atoms with Crippen LogP contribution in [0.1, 0.15) is 37.7 Å². The van der Waals surface area contributed by atoms with E-state index in [9.17, 15) is 13.2 Å². The molecule has 3 atom stereocenters. The Morgan fingerprint density at radius 2 is 1.55 bits per heavy atom. The van der Waals surface area contributed by atoms with Crippen LogP contribution in [0.25, 0.3) is 21.9 Å². The Kier molecular flexibility index (Phi) is 8.72. The van der Waals surface area contributed by atoms with Crippen molar-refractivity contribution in [2.45, 2.75) is 61.1 Å². The lowest BCUT2D eigenvalue weighted by Crippen LogP contribution is -2.57. The highest BCUT2D eigenvalue weighted by atomic mass is 35.5. The Morgan fingerprint density at radius 3 is 2.28 bits per heavy atom. The van der Waals surface area contributed by atoms with Gasteiger partial charge in [-0.05, 0) is 96.3 Å². The molecule has 246 valence electrons. The molecule has 0 aromatic heterocycles. The molecule has 7 rings (SSSR count). The molecular formula is C36H36ClF2N3O4S. The van der Waals surface area contributed by atoms with E-state index in [0.717, 1.165) is 36.6 Å². The number of hydrogen-bond donors (Lipinski definition) is 2. The molecule has 2 aliphatic heterocycles. The Balaban J connectivity index is 1.19. The Hall–Kier alpha value is -3.57. The van der Waals surface area contributed by atoms with Gasteiger partial charge in [0.05, 0.1) is 11.0 Å². The standard InChI is InChI=1S/C36H36ClF2N3O4S/c37-29-13-7-24(8-14-29)23-5-11-28(12-6-23)36(38,39)34(35(43)42-18-17-27-21-40-22-33(27)42)41-47(44,45)32-16-10-25-19-31(15-9-26(25)20-32)46-30-3-1-2-4-30/h5-16,19-20,27,30,33-34,40-41H,1-4,17-18,21-22H2/t27-,33+,34?/m1/s1. The van der Waals surface area contributed by atoms with E-state index in [-0.39, 0.29) is 23.0 Å². The number of sulfonamides is 1. The highest BCUT2D eigenvalue weighted by Gasteiger charge is 2.52. The van der Waals surface area contributed by atoms with Gasteiger partial charge in [0.2, 0.25) is 15.9 Å². The number of hydrogen-bond acceptors (Lipinski definition) is 5. The summed E-state index contributed by atoms with van der Waals surface area (Å²) < 4.78 is 69.0. The largest absolute Gasteiger partial charge is 0.490 e. The number of ether oxygens (including phenoxy) is 1. The van der Waals surface area contributed by atoms with Crippen LogP contribution in [0.15, 0.2) is 89.8 Å². The third kappa shape index (κ3) is 6.48. The van der Waals surface area contributed by atoms with E-state index >= 15 is 8.78 Å². The van der Waals surface area contributed by atoms with Gasteiger partial charge in [-0.3, -0.25) is 4.79 Å². The van der Waals surface area contributed by atoms with Gasteiger partial charge in [-0.25, -0.2) is 8.42 Å². The van der Waals surface area contributed by atoms with Crippen molar-refractivity contribution in [1.82, 2.24) is 14.9 Å². The number of amides is 1. The molecule has 1 aliphatic carbocycles. The Labute approximate surface area is 278 Å². The summed E-state index contributed by atoms with van der Waals surface area (Å²) in [7, 11) is -4.56. The molecule has 0 spiro atoms. The molecule has 3 fully saturated rings. The topological polar surface area (TPSA) is 87.7 Å². The zero-order valence-electron chi connectivity index (χ0n) is 25.7. The zero-order chi connectivity index (χ0) is 32.8. The number of alkyl halides is 2. The Morgan fingerprint density at radius 1 is 0.894 bits per heavy atom. The molecule has 2 N–H and O–H groups in total. The summed E-state index contributed by atoms with van der Waals surface area (Å²) in [6, 6.07) is 19.7. The maximum absolute atomic E-state index is 16.5. The van der Waals surface area contributed by atoms with Gasteiger partial charge in [-0.1, -0.05) is 60.1 Å². The number of likely N-dealkylation sites (tertiary alicyclic amines) is 1. The van der Waals surface area contributed by atoms with Crippen molar-refractivity contribution in [1.29, 1.82) is 0 Å². The molecule has 1 unspecified atom stereocenters. The predicted molar refractivity (Wildman–Crippen MR) is 178 cm³/mol. The molecule has 4 aromatic carbocycles. The molecule has 2 heterocycles. The summed E-state index contributed by atoms with van der Waals surface area (Å²) in [4.78, 5) is 15.2. The van der Waals surface area contributed by atoms with E-state index in [4.69, 9.17) is 16.3 Å². The number of nitrogens with zero attached hydrogens (tertiary/aromatic N) is 1. The van der Waals surface area contributed by atoms with Crippen LogP contribution in [0.4, 0.5) is 8.78 Å². The van der Waals surface area contributed by atoms with E-state index in [2.05, 4.69) is 10.0 Å². The summed E-state index contributed by atoms with van der Waals surface area (Å²) >= 11 is 6.00. The second-order valence-corrected chi connectivity index (χ2v) is 14.9. The third-order valence-electron chi connectivity index (χ3n) is 9.76. The minimum absolute atomic E-state index is 0.145. The number of halogens is 3. The van der Waals surface area contributed by atoms with Gasteiger partial charge in [0.15, 0.2) is 6.04 Å². The lowest BCUT2D eigenvalue weighted by atomic mass is 9.97. The van der Waals surface area contributed by atoms with Crippen molar-refractivity contribution in [3.63, 3.8) is 0 Å². The van der Waals surface area contributed by atoms with Crippen molar-refractivity contribution in [2.75, 3.05) is 19.6 Å². The van der Waals surface area contributed by atoms with Crippen molar-refractivity contribution in [3.8, 4) is 16.9 Å². The number of fused-ring (bicyclic) bond motifs is 2. The van der Waals surface area contributed by atoms with Crippen LogP contribution in [0.3, 0.4) is 0 Å². The van der Waals surface area contributed by atoms with Crippen molar-refractivity contribution in [3.05, 3.63) is 95.5 Å². The first-order valence-electron chi connectivity index (χ1n) is 16.1. The molecule has 3 aliphatic rings. The maximum Gasteiger partial charge on any atom is 0.298 e. The number of carbonyl (C=O) groups is 1. The monoisotopic (exact) mass is 679 g/mol. The van der Waals surface area contributed by atoms with E-state index < -0.39 is 33.5 Å². The average molecular weight is 680 g/mol. The van der Waals surface area contributed by atoms with Gasteiger partial charge in [0.25, 0.3) is 5.92 Å². The van der Waals surface area contributed by atoms with Crippen LogP contribution in [0.2, 0.25) is 5.02 Å². The number of nitrogens with one attached hydrogen (secondary N) is 2. The van der Waals surface area contributed by atoms with E-state index in [1.807, 2.05) is 6.07 Å². The van der Waals surface area contributed by atoms with Crippen LogP contribution >= 0.6 is 11.6 Å². The van der Waals surface area contributed by atoms with Gasteiger partial charge in [-0.15, -0.1) is 0 Å². The minimum Gasteiger partial charge on any atom is -0.490 e. The molecule has 4 aromatic rings. The molecule has 7 nitrogen and oxygen atoms in total. The highest BCUT2D eigenvalue weighted by Crippen LogP contribution is 2.38. The predicted octanol–water partition coefficient (Wildman–Crippen LogP) is 6.74. The first kappa shape index (κ1) is 32.0. The molecule has 0 radical (unpaired) electrons. The maximum atomic E-state index is 16.5. The van der Waals surface area contributed by atoms with Crippen LogP contribution in [0.5, 0.6) is 5.75 Å². The summed E-state index contributed by atoms with van der Waals surface area (Å²) in [5, 5.41) is 5.14. The SMILES string of the molecule is O=C(C(NS(=O)(=O)c1ccc2cc(OC3CCCC3)ccc2c1)C(F)(F)c1ccc(-c2ccc(Cl)cc2)cc1)N1CC[C@@H]2CNC[C@@H]21. The third-order valence-corrected chi connectivity index (χ3v) is 11.4. The van der Waals surface area contributed by atoms with Crippen LogP contribution in [-0.4, -0.2) is 57.0 Å². The summed E-state index contributed by atoms with van der Waals surface area (Å²) in [5.41, 5.74) is 0.991. The molecule has 2 saturated heterocycles. The minimum atomic E-state index is -4.56. The van der Waals surface area contributed by atoms with Crippen molar-refractivity contribution >= 4 is 38.3 Å². The fourth-order valence-corrected chi connectivity index (χ4v) is 8.48. The van der Waals surface area contributed by atoms with Crippen molar-refractivity contribution in [2.24, 2.45) is 5.92 Å². The second-order valence-electron chi connectivity index (χ2n) is 12.8. The summed E-state index contributed by atoms with van der Waals surface area (Å²) in [5.74, 6) is -3.95. The zero-order valence-corrected chi connectivity index (χ0v) is 27.2. The van der Waals surface area contributed by atoms with E-state index in [0.29, 0.717) is 47.8 Å². The van der Waals surface area contributed by atoms with Crippen LogP contribution in [-0.2, 0) is 20.7 Å². The number of carbonyl (C=O) groups excluding carboxylic acids is 1. The number of rotatable bonds is 9. The number of benzene rings is 4. The lowest BCUT2D eigenvalue weighted by molar-refractivity contribution is -0.145. The smallest absolute Gasteiger partial charge is 0.298 e. The fraction of sp³-hybridized carbons (Fsp3) is 0.361. The lowest BCUT2D eigenvalue weighted by Gasteiger charge is -2.33. The van der Waals surface area contributed by atoms with Gasteiger partial charge < -0.3 is 15.0 Å². The molecule has 1 amide bonds. The van der Waals surface area contributed by atoms with Crippen molar-refractivity contribution < 1.29 is 26.7 Å². The van der Waals surface area contributed by atoms with Gasteiger partial charge >= 0.3 is 0 Å². The van der Waals surface area contributed by atoms with E-state index in [1.165, 1.54) is 41.3 Å². The quantitative estimate of drug-likeness (QED) is 0.205. The van der Waals surface area contributed by atoms with Gasteiger partial charge in [0.1, 0.15) is 5.75 Å². The molecule has 1 saturated carbocycles. The fourth-order valence-electron chi connectivity index (χ4n) is 7.13. The molecule has 11 heteroatoms. The van der Waals surface area contributed by atoms with Crippen LogP contribution < -0.4 is 14.8 Å². The average Bonchev–Trinajstić information content (AvgIpc) is 3.84. The Bertz CT molecular complexity index is 1880. The highest BCUT2D eigenvalue weighted by molar-refractivity contribution is 7.89. The van der Waals surface area contributed by atoms with E-state index in [1.54, 1.807) is 42.5 Å². The van der Waals surface area contributed by atoms with Gasteiger partial charge in [0, 0.05) is 36.3 Å². The normalized spacial score (nSPS) is 20.9. The second kappa shape index (κ2) is 12.8. The van der Waals surface area contributed by atoms with Crippen LogP contribution in [0, 0.1) is 5.92 Å². The molecule has 47 heavy (non-hydrogen) atoms. The molecular weight excluding hydrogens is 644 g/mol. The summed E-state index contributed by atoms with van der Waals surface area (Å²) in [6.07, 6.45) is 5.13.